The Hall–Kier alpha value is -1.15. The molecule has 0 aromatic carbocycles. The summed E-state index contributed by atoms with van der Waals surface area (Å²) in [7, 11) is 0.433. The lowest BCUT2D eigenvalue weighted by atomic mass is 10.3. The van der Waals surface area contributed by atoms with E-state index >= 15 is 0 Å². The molecule has 1 atom stereocenters. The molecule has 0 radical (unpaired) electrons. The summed E-state index contributed by atoms with van der Waals surface area (Å²) in [6.07, 6.45) is -1.04. The van der Waals surface area contributed by atoms with Crippen molar-refractivity contribution in [2.75, 3.05) is 38.2 Å². The van der Waals surface area contributed by atoms with E-state index in [-0.39, 0.29) is 12.6 Å². The SMILES string of the molecule is COC(CNC(=O)N1CCS(=O)CC1)C(=O)O. The van der Waals surface area contributed by atoms with Crippen LogP contribution < -0.4 is 5.32 Å². The third-order valence-electron chi connectivity index (χ3n) is 2.46. The number of amides is 2. The largest absolute Gasteiger partial charge is 0.479 e. The summed E-state index contributed by atoms with van der Waals surface area (Å²) in [4.78, 5) is 23.8. The number of nitrogens with one attached hydrogen (secondary N) is 1. The first-order chi connectivity index (χ1) is 8.04. The highest BCUT2D eigenvalue weighted by Crippen LogP contribution is 2.00. The minimum atomic E-state index is -1.12. The number of carbonyl (C=O) groups is 2. The molecular weight excluding hydrogens is 248 g/mol. The molecule has 1 saturated heterocycles. The van der Waals surface area contributed by atoms with Gasteiger partial charge < -0.3 is 20.1 Å². The van der Waals surface area contributed by atoms with Crippen LogP contribution in [-0.2, 0) is 20.3 Å². The molecule has 8 heteroatoms. The van der Waals surface area contributed by atoms with Crippen molar-refractivity contribution in [3.8, 4) is 0 Å². The fraction of sp³-hybridized carbons (Fsp3) is 0.778. The van der Waals surface area contributed by atoms with Gasteiger partial charge in [0.1, 0.15) is 0 Å². The van der Waals surface area contributed by atoms with Crippen molar-refractivity contribution in [2.24, 2.45) is 0 Å². The molecule has 1 rings (SSSR count). The topological polar surface area (TPSA) is 95.9 Å². The van der Waals surface area contributed by atoms with E-state index in [9.17, 15) is 13.8 Å². The number of rotatable bonds is 4. The van der Waals surface area contributed by atoms with Crippen molar-refractivity contribution in [1.29, 1.82) is 0 Å². The van der Waals surface area contributed by atoms with Crippen LogP contribution in [0.4, 0.5) is 4.79 Å². The molecule has 0 bridgehead atoms. The van der Waals surface area contributed by atoms with Crippen molar-refractivity contribution in [3.63, 3.8) is 0 Å². The molecule has 7 nitrogen and oxygen atoms in total. The van der Waals surface area contributed by atoms with Crippen LogP contribution in [0, 0.1) is 0 Å². The number of hydrogen-bond acceptors (Lipinski definition) is 4. The molecule has 1 aliphatic heterocycles. The predicted molar refractivity (Wildman–Crippen MR) is 61.3 cm³/mol. The van der Waals surface area contributed by atoms with E-state index in [0.717, 1.165) is 0 Å². The summed E-state index contributed by atoms with van der Waals surface area (Å²) in [6, 6.07) is -0.343. The molecule has 1 unspecified atom stereocenters. The highest BCUT2D eigenvalue weighted by atomic mass is 32.2. The Kier molecular flexibility index (Phi) is 5.36. The fourth-order valence-electron chi connectivity index (χ4n) is 1.40. The standard InChI is InChI=1S/C9H16N2O5S/c1-16-7(8(12)13)6-10-9(14)11-2-4-17(15)5-3-11/h7H,2-6H2,1H3,(H,10,14)(H,12,13). The number of methoxy groups -OCH3 is 1. The van der Waals surface area contributed by atoms with Crippen LogP contribution in [0.3, 0.4) is 0 Å². The van der Waals surface area contributed by atoms with Gasteiger partial charge in [-0.15, -0.1) is 0 Å². The maximum atomic E-state index is 11.6. The lowest BCUT2D eigenvalue weighted by molar-refractivity contribution is -0.148. The first-order valence-corrected chi connectivity index (χ1v) is 6.66. The highest BCUT2D eigenvalue weighted by molar-refractivity contribution is 7.85. The minimum absolute atomic E-state index is 0.0791. The Morgan fingerprint density at radius 2 is 2.06 bits per heavy atom. The predicted octanol–water partition coefficient (Wildman–Crippen LogP) is -1.14. The summed E-state index contributed by atoms with van der Waals surface area (Å²) < 4.78 is 15.8. The summed E-state index contributed by atoms with van der Waals surface area (Å²) in [5.74, 6) is -0.173. The van der Waals surface area contributed by atoms with Crippen LogP contribution in [0.15, 0.2) is 0 Å². The number of carboxylic acids is 1. The van der Waals surface area contributed by atoms with Crippen molar-refractivity contribution >= 4 is 22.8 Å². The average Bonchev–Trinajstić information content (AvgIpc) is 2.30. The van der Waals surface area contributed by atoms with Gasteiger partial charge in [0, 0.05) is 42.5 Å². The van der Waals surface area contributed by atoms with Gasteiger partial charge in [-0.3, -0.25) is 4.21 Å². The monoisotopic (exact) mass is 264 g/mol. The molecule has 0 aliphatic carbocycles. The van der Waals surface area contributed by atoms with Gasteiger partial charge in [0.25, 0.3) is 0 Å². The van der Waals surface area contributed by atoms with Crippen LogP contribution >= 0.6 is 0 Å². The van der Waals surface area contributed by atoms with Gasteiger partial charge in [0.05, 0.1) is 6.54 Å². The molecule has 0 saturated carbocycles. The van der Waals surface area contributed by atoms with E-state index in [0.29, 0.717) is 24.6 Å². The maximum absolute atomic E-state index is 11.6. The van der Waals surface area contributed by atoms with Crippen molar-refractivity contribution in [2.45, 2.75) is 6.10 Å². The second-order valence-electron chi connectivity index (χ2n) is 3.58. The maximum Gasteiger partial charge on any atom is 0.334 e. The Balaban J connectivity index is 2.34. The van der Waals surface area contributed by atoms with Crippen LogP contribution in [0.2, 0.25) is 0 Å². The molecule has 1 fully saturated rings. The molecule has 1 aliphatic rings. The fourth-order valence-corrected chi connectivity index (χ4v) is 2.46. The normalized spacial score (nSPS) is 18.8. The second-order valence-corrected chi connectivity index (χ2v) is 5.28. The first kappa shape index (κ1) is 13.9. The molecule has 98 valence electrons. The Bertz CT molecular complexity index is 313. The number of nitrogens with zero attached hydrogens (tertiary/aromatic N) is 1. The smallest absolute Gasteiger partial charge is 0.334 e. The Labute approximate surface area is 102 Å². The molecule has 2 amide bonds. The number of carboxylic acid groups (broad SMARTS) is 1. The first-order valence-electron chi connectivity index (χ1n) is 5.18. The number of aliphatic carboxylic acids is 1. The van der Waals surface area contributed by atoms with Gasteiger partial charge in [0.2, 0.25) is 0 Å². The Morgan fingerprint density at radius 1 is 1.47 bits per heavy atom. The van der Waals surface area contributed by atoms with Crippen LogP contribution in [0.5, 0.6) is 0 Å². The van der Waals surface area contributed by atoms with E-state index < -0.39 is 22.9 Å². The van der Waals surface area contributed by atoms with E-state index in [4.69, 9.17) is 5.11 Å². The number of hydrogen-bond donors (Lipinski definition) is 2. The van der Waals surface area contributed by atoms with Gasteiger partial charge in [-0.1, -0.05) is 0 Å². The molecule has 0 aromatic rings. The van der Waals surface area contributed by atoms with Crippen molar-refractivity contribution in [1.82, 2.24) is 10.2 Å². The molecular formula is C9H16N2O5S. The zero-order valence-corrected chi connectivity index (χ0v) is 10.4. The lowest BCUT2D eigenvalue weighted by Gasteiger charge is -2.26. The van der Waals surface area contributed by atoms with Crippen molar-refractivity contribution in [3.05, 3.63) is 0 Å². The number of ether oxygens (including phenoxy) is 1. The van der Waals surface area contributed by atoms with Crippen LogP contribution in [0.25, 0.3) is 0 Å². The van der Waals surface area contributed by atoms with E-state index in [1.54, 1.807) is 0 Å². The third kappa shape index (κ3) is 4.31. The molecule has 1 heterocycles. The van der Waals surface area contributed by atoms with Crippen molar-refractivity contribution < 1.29 is 23.6 Å². The molecule has 17 heavy (non-hydrogen) atoms. The summed E-state index contributed by atoms with van der Waals surface area (Å²) in [5, 5.41) is 11.2. The molecule has 0 spiro atoms. The Morgan fingerprint density at radius 3 is 2.53 bits per heavy atom. The van der Waals surface area contributed by atoms with Crippen LogP contribution in [0.1, 0.15) is 0 Å². The van der Waals surface area contributed by atoms with Gasteiger partial charge in [-0.25, -0.2) is 9.59 Å². The average molecular weight is 264 g/mol. The van der Waals surface area contributed by atoms with E-state index in [2.05, 4.69) is 10.1 Å². The van der Waals surface area contributed by atoms with Gasteiger partial charge in [-0.2, -0.15) is 0 Å². The van der Waals surface area contributed by atoms with Crippen LogP contribution in [-0.4, -0.2) is 70.6 Å². The summed E-state index contributed by atoms with van der Waals surface area (Å²) in [6.45, 7) is 0.788. The molecule has 0 aromatic heterocycles. The van der Waals surface area contributed by atoms with Gasteiger partial charge in [-0.05, 0) is 0 Å². The minimum Gasteiger partial charge on any atom is -0.479 e. The molecule has 2 N–H and O–H groups in total. The third-order valence-corrected chi connectivity index (χ3v) is 3.74. The van der Waals surface area contributed by atoms with Gasteiger partial charge >= 0.3 is 12.0 Å². The lowest BCUT2D eigenvalue weighted by Crippen LogP contribution is -2.49. The van der Waals surface area contributed by atoms with E-state index in [1.165, 1.54) is 12.0 Å². The zero-order chi connectivity index (χ0) is 12.8. The van der Waals surface area contributed by atoms with E-state index in [1.807, 2.05) is 0 Å². The zero-order valence-electron chi connectivity index (χ0n) is 9.55. The van der Waals surface area contributed by atoms with Gasteiger partial charge in [0.15, 0.2) is 6.10 Å². The quantitative estimate of drug-likeness (QED) is 0.669. The summed E-state index contributed by atoms with van der Waals surface area (Å²) >= 11 is 0. The second kappa shape index (κ2) is 6.55. The highest BCUT2D eigenvalue weighted by Gasteiger charge is 2.22. The summed E-state index contributed by atoms with van der Waals surface area (Å²) in [5.41, 5.74) is 0. The number of carbonyl (C=O) groups excluding carboxylic acids is 1. The number of urea groups is 1.